The van der Waals surface area contributed by atoms with Gasteiger partial charge in [-0.05, 0) is 51.6 Å². The molecule has 1 amide bonds. The van der Waals surface area contributed by atoms with Gasteiger partial charge in [0, 0.05) is 18.6 Å². The van der Waals surface area contributed by atoms with Crippen LogP contribution in [0.4, 0.5) is 0 Å². The van der Waals surface area contributed by atoms with Crippen LogP contribution in [0.25, 0.3) is 0 Å². The van der Waals surface area contributed by atoms with Gasteiger partial charge in [-0.2, -0.15) is 0 Å². The molecule has 0 aromatic rings. The summed E-state index contributed by atoms with van der Waals surface area (Å²) in [5.41, 5.74) is 0. The van der Waals surface area contributed by atoms with Gasteiger partial charge in [0.15, 0.2) is 0 Å². The largest absolute Gasteiger partial charge is 0.352 e. The molecule has 3 unspecified atom stereocenters. The standard InChI is InChI=1S/C14H25N3O.2ClH/c18-14(13-5-1-2-7-15-13)16-11-6-9-17-8-3-4-12(17)10-11;;/h11-13,15H,1-10H2,(H,16,18);2*1H. The van der Waals surface area contributed by atoms with Gasteiger partial charge < -0.3 is 15.5 Å². The number of piperidine rings is 2. The van der Waals surface area contributed by atoms with Crippen molar-refractivity contribution in [2.75, 3.05) is 19.6 Å². The topological polar surface area (TPSA) is 44.4 Å². The minimum atomic E-state index is 0. The summed E-state index contributed by atoms with van der Waals surface area (Å²) in [7, 11) is 0. The first kappa shape index (κ1) is 18.0. The van der Waals surface area contributed by atoms with Crippen LogP contribution >= 0.6 is 24.8 Å². The molecule has 2 N–H and O–H groups in total. The van der Waals surface area contributed by atoms with Crippen LogP contribution in [0.5, 0.6) is 0 Å². The van der Waals surface area contributed by atoms with E-state index >= 15 is 0 Å². The van der Waals surface area contributed by atoms with Gasteiger partial charge in [0.05, 0.1) is 6.04 Å². The van der Waals surface area contributed by atoms with Crippen molar-refractivity contribution in [2.45, 2.75) is 63.1 Å². The van der Waals surface area contributed by atoms with Gasteiger partial charge in [-0.3, -0.25) is 4.79 Å². The normalized spacial score (nSPS) is 33.5. The zero-order chi connectivity index (χ0) is 12.4. The highest BCUT2D eigenvalue weighted by atomic mass is 35.5. The van der Waals surface area contributed by atoms with Crippen molar-refractivity contribution in [3.63, 3.8) is 0 Å². The number of nitrogens with zero attached hydrogens (tertiary/aromatic N) is 1. The van der Waals surface area contributed by atoms with E-state index in [0.717, 1.165) is 25.4 Å². The van der Waals surface area contributed by atoms with Gasteiger partial charge in [-0.25, -0.2) is 0 Å². The Morgan fingerprint density at radius 1 is 1.05 bits per heavy atom. The van der Waals surface area contributed by atoms with Crippen molar-refractivity contribution in [3.05, 3.63) is 0 Å². The molecular formula is C14H27Cl2N3O. The Labute approximate surface area is 134 Å². The molecule has 3 saturated heterocycles. The van der Waals surface area contributed by atoms with Gasteiger partial charge in [0.2, 0.25) is 5.91 Å². The van der Waals surface area contributed by atoms with Crippen LogP contribution in [0.3, 0.4) is 0 Å². The average molecular weight is 324 g/mol. The minimum Gasteiger partial charge on any atom is -0.352 e. The molecule has 0 saturated carbocycles. The summed E-state index contributed by atoms with van der Waals surface area (Å²) in [6.07, 6.45) is 8.38. The third kappa shape index (κ3) is 4.23. The second-order valence-electron chi connectivity index (χ2n) is 6.06. The molecule has 118 valence electrons. The first-order chi connectivity index (χ1) is 8.83. The Bertz CT molecular complexity index is 311. The number of carbonyl (C=O) groups is 1. The van der Waals surface area contributed by atoms with E-state index in [9.17, 15) is 4.79 Å². The van der Waals surface area contributed by atoms with Crippen molar-refractivity contribution in [3.8, 4) is 0 Å². The molecular weight excluding hydrogens is 297 g/mol. The number of rotatable bonds is 2. The summed E-state index contributed by atoms with van der Waals surface area (Å²) >= 11 is 0. The van der Waals surface area contributed by atoms with Crippen molar-refractivity contribution >= 4 is 30.7 Å². The quantitative estimate of drug-likeness (QED) is 0.813. The molecule has 3 aliphatic rings. The fourth-order valence-corrected chi connectivity index (χ4v) is 3.73. The Morgan fingerprint density at radius 3 is 2.65 bits per heavy atom. The summed E-state index contributed by atoms with van der Waals surface area (Å²) in [5, 5.41) is 6.61. The number of halogens is 2. The number of hydrogen-bond acceptors (Lipinski definition) is 3. The van der Waals surface area contributed by atoms with E-state index in [1.54, 1.807) is 0 Å². The van der Waals surface area contributed by atoms with E-state index in [1.807, 2.05) is 0 Å². The number of nitrogens with one attached hydrogen (secondary N) is 2. The zero-order valence-corrected chi connectivity index (χ0v) is 13.6. The van der Waals surface area contributed by atoms with Crippen molar-refractivity contribution < 1.29 is 4.79 Å². The fourth-order valence-electron chi connectivity index (χ4n) is 3.73. The van der Waals surface area contributed by atoms with E-state index < -0.39 is 0 Å². The van der Waals surface area contributed by atoms with Gasteiger partial charge >= 0.3 is 0 Å². The molecule has 0 aliphatic carbocycles. The molecule has 0 bridgehead atoms. The van der Waals surface area contributed by atoms with Crippen LogP contribution in [0.2, 0.25) is 0 Å². The van der Waals surface area contributed by atoms with E-state index in [0.29, 0.717) is 6.04 Å². The average Bonchev–Trinajstić information content (AvgIpc) is 2.87. The maximum atomic E-state index is 12.2. The van der Waals surface area contributed by atoms with E-state index in [4.69, 9.17) is 0 Å². The molecule has 6 heteroatoms. The molecule has 3 fully saturated rings. The zero-order valence-electron chi connectivity index (χ0n) is 12.0. The minimum absolute atomic E-state index is 0. The third-order valence-corrected chi connectivity index (χ3v) is 4.79. The highest BCUT2D eigenvalue weighted by Crippen LogP contribution is 2.26. The van der Waals surface area contributed by atoms with Gasteiger partial charge in [0.1, 0.15) is 0 Å². The number of amides is 1. The predicted molar refractivity (Wildman–Crippen MR) is 85.9 cm³/mol. The fraction of sp³-hybridized carbons (Fsp3) is 0.929. The smallest absolute Gasteiger partial charge is 0.237 e. The molecule has 0 radical (unpaired) electrons. The summed E-state index contributed by atoms with van der Waals surface area (Å²) in [6, 6.07) is 1.23. The summed E-state index contributed by atoms with van der Waals surface area (Å²) in [4.78, 5) is 14.8. The van der Waals surface area contributed by atoms with Crippen LogP contribution in [0, 0.1) is 0 Å². The van der Waals surface area contributed by atoms with Crippen LogP contribution in [-0.4, -0.2) is 48.6 Å². The molecule has 3 heterocycles. The van der Waals surface area contributed by atoms with Gasteiger partial charge in [-0.1, -0.05) is 6.42 Å². The Kier molecular flexibility index (Phi) is 7.59. The molecule has 3 atom stereocenters. The predicted octanol–water partition coefficient (Wildman–Crippen LogP) is 1.72. The van der Waals surface area contributed by atoms with Crippen LogP contribution in [-0.2, 0) is 4.79 Å². The summed E-state index contributed by atoms with van der Waals surface area (Å²) < 4.78 is 0. The second-order valence-corrected chi connectivity index (χ2v) is 6.06. The molecule has 0 aromatic heterocycles. The van der Waals surface area contributed by atoms with Crippen molar-refractivity contribution in [1.29, 1.82) is 0 Å². The molecule has 4 nitrogen and oxygen atoms in total. The second kappa shape index (κ2) is 8.42. The summed E-state index contributed by atoms with van der Waals surface area (Å²) in [6.45, 7) is 3.45. The van der Waals surface area contributed by atoms with Crippen LogP contribution in [0.15, 0.2) is 0 Å². The third-order valence-electron chi connectivity index (χ3n) is 4.79. The Hall–Kier alpha value is -0.0300. The maximum absolute atomic E-state index is 12.2. The lowest BCUT2D eigenvalue weighted by molar-refractivity contribution is -0.124. The number of hydrogen-bond donors (Lipinski definition) is 2. The SMILES string of the molecule is Cl.Cl.O=C(NC1CCN2CCCC2C1)C1CCCCN1. The van der Waals surface area contributed by atoms with Crippen LogP contribution in [0.1, 0.15) is 44.9 Å². The van der Waals surface area contributed by atoms with E-state index in [1.165, 1.54) is 45.2 Å². The lowest BCUT2D eigenvalue weighted by Crippen LogP contribution is -2.53. The Balaban J connectivity index is 0.000001000. The monoisotopic (exact) mass is 323 g/mol. The van der Waals surface area contributed by atoms with E-state index in [2.05, 4.69) is 15.5 Å². The lowest BCUT2D eigenvalue weighted by atomic mass is 9.96. The summed E-state index contributed by atoms with van der Waals surface area (Å²) in [5.74, 6) is 0.242. The van der Waals surface area contributed by atoms with Gasteiger partial charge in [-0.15, -0.1) is 24.8 Å². The maximum Gasteiger partial charge on any atom is 0.237 e. The molecule has 3 aliphatic heterocycles. The van der Waals surface area contributed by atoms with Crippen molar-refractivity contribution in [2.24, 2.45) is 0 Å². The first-order valence-corrected chi connectivity index (χ1v) is 7.61. The van der Waals surface area contributed by atoms with Gasteiger partial charge in [0.25, 0.3) is 0 Å². The molecule has 20 heavy (non-hydrogen) atoms. The van der Waals surface area contributed by atoms with Crippen molar-refractivity contribution in [1.82, 2.24) is 15.5 Å². The molecule has 3 rings (SSSR count). The molecule has 0 aromatic carbocycles. The first-order valence-electron chi connectivity index (χ1n) is 7.61. The number of fused-ring (bicyclic) bond motifs is 1. The van der Waals surface area contributed by atoms with E-state index in [-0.39, 0.29) is 36.8 Å². The van der Waals surface area contributed by atoms with Crippen LogP contribution < -0.4 is 10.6 Å². The highest BCUT2D eigenvalue weighted by molar-refractivity contribution is 5.85. The highest BCUT2D eigenvalue weighted by Gasteiger charge is 2.33. The Morgan fingerprint density at radius 2 is 1.90 bits per heavy atom. The number of carbonyl (C=O) groups excluding carboxylic acids is 1. The molecule has 0 spiro atoms. The lowest BCUT2D eigenvalue weighted by Gasteiger charge is -2.36.